The number of carbonyl (C=O) groups is 2. The lowest BCUT2D eigenvalue weighted by atomic mass is 10.0. The first-order chi connectivity index (χ1) is 9.52. The Morgan fingerprint density at radius 1 is 1.55 bits per heavy atom. The van der Waals surface area contributed by atoms with Crippen molar-refractivity contribution in [1.29, 1.82) is 0 Å². The van der Waals surface area contributed by atoms with Gasteiger partial charge in [-0.3, -0.25) is 4.79 Å². The highest BCUT2D eigenvalue weighted by atomic mass is 16.4. The van der Waals surface area contributed by atoms with Crippen molar-refractivity contribution in [2.24, 2.45) is 5.92 Å². The molecule has 1 aliphatic rings. The maximum atomic E-state index is 12.1. The number of carboxylic acids is 1. The summed E-state index contributed by atoms with van der Waals surface area (Å²) in [4.78, 5) is 24.5. The van der Waals surface area contributed by atoms with Crippen LogP contribution in [-0.4, -0.2) is 63.1 Å². The molecule has 20 heavy (non-hydrogen) atoms. The fourth-order valence-corrected chi connectivity index (χ4v) is 2.12. The van der Waals surface area contributed by atoms with Crippen LogP contribution in [0.4, 0.5) is 0 Å². The Labute approximate surface area is 116 Å². The van der Waals surface area contributed by atoms with E-state index in [9.17, 15) is 9.59 Å². The molecule has 0 aromatic carbocycles. The van der Waals surface area contributed by atoms with Crippen molar-refractivity contribution in [1.82, 2.24) is 25.2 Å². The molecule has 0 spiro atoms. The van der Waals surface area contributed by atoms with Crippen LogP contribution >= 0.6 is 0 Å². The molecule has 0 radical (unpaired) electrons. The summed E-state index contributed by atoms with van der Waals surface area (Å²) >= 11 is 0. The van der Waals surface area contributed by atoms with Crippen LogP contribution in [0, 0.1) is 5.92 Å². The van der Waals surface area contributed by atoms with E-state index in [1.807, 2.05) is 13.8 Å². The van der Waals surface area contributed by atoms with Gasteiger partial charge in [-0.15, -0.1) is 5.10 Å². The number of hydrogen-bond acceptors (Lipinski definition) is 5. The lowest BCUT2D eigenvalue weighted by Crippen LogP contribution is -2.53. The van der Waals surface area contributed by atoms with Gasteiger partial charge in [-0.1, -0.05) is 19.1 Å². The topological polar surface area (TPSA) is 100 Å². The number of hydrogen-bond donors (Lipinski definition) is 2. The Kier molecular flexibility index (Phi) is 4.33. The second-order valence-electron chi connectivity index (χ2n) is 4.99. The highest BCUT2D eigenvalue weighted by Crippen LogP contribution is 2.22. The van der Waals surface area contributed by atoms with Gasteiger partial charge in [0.15, 0.2) is 5.69 Å². The van der Waals surface area contributed by atoms with Gasteiger partial charge in [-0.2, -0.15) is 0 Å². The van der Waals surface area contributed by atoms with Gasteiger partial charge in [-0.05, 0) is 6.54 Å². The molecule has 2 rings (SSSR count). The Morgan fingerprint density at radius 3 is 2.80 bits per heavy atom. The molecule has 8 heteroatoms. The molecule has 2 heterocycles. The largest absolute Gasteiger partial charge is 0.476 e. The molecule has 1 saturated heterocycles. The van der Waals surface area contributed by atoms with E-state index in [0.717, 1.165) is 6.54 Å². The number of likely N-dealkylation sites (tertiary alicyclic amines) is 1. The van der Waals surface area contributed by atoms with Gasteiger partial charge in [0, 0.05) is 25.6 Å². The van der Waals surface area contributed by atoms with Crippen molar-refractivity contribution in [3.8, 4) is 0 Å². The van der Waals surface area contributed by atoms with Gasteiger partial charge >= 0.3 is 5.97 Å². The number of carboxylic acid groups (broad SMARTS) is 1. The second kappa shape index (κ2) is 6.00. The molecule has 1 unspecified atom stereocenters. The van der Waals surface area contributed by atoms with Gasteiger partial charge in [-0.25, -0.2) is 9.48 Å². The number of nitrogens with one attached hydrogen (secondary N) is 1. The van der Waals surface area contributed by atoms with Crippen LogP contribution in [0.5, 0.6) is 0 Å². The zero-order chi connectivity index (χ0) is 14.7. The minimum atomic E-state index is -1.09. The summed E-state index contributed by atoms with van der Waals surface area (Å²) in [7, 11) is 0. The van der Waals surface area contributed by atoms with E-state index in [0.29, 0.717) is 19.6 Å². The van der Waals surface area contributed by atoms with Crippen molar-refractivity contribution in [2.75, 3.05) is 26.2 Å². The molecular formula is C12H19N5O3. The molecule has 0 aliphatic carbocycles. The minimum Gasteiger partial charge on any atom is -0.476 e. The van der Waals surface area contributed by atoms with Crippen molar-refractivity contribution < 1.29 is 14.7 Å². The van der Waals surface area contributed by atoms with Crippen LogP contribution in [0.3, 0.4) is 0 Å². The molecule has 110 valence electrons. The van der Waals surface area contributed by atoms with Gasteiger partial charge < -0.3 is 15.3 Å². The molecule has 1 aromatic heterocycles. The van der Waals surface area contributed by atoms with Crippen molar-refractivity contribution in [3.63, 3.8) is 0 Å². The molecule has 8 nitrogen and oxygen atoms in total. The van der Waals surface area contributed by atoms with Crippen LogP contribution in [0.1, 0.15) is 30.4 Å². The van der Waals surface area contributed by atoms with E-state index in [1.54, 1.807) is 4.90 Å². The SMILES string of the molecule is CCNCC(C)C(=O)N1CC(n2cc(C(=O)O)nn2)C1. The predicted octanol–water partition coefficient (Wildman–Crippen LogP) is -0.395. The van der Waals surface area contributed by atoms with Gasteiger partial charge in [0.1, 0.15) is 0 Å². The monoisotopic (exact) mass is 281 g/mol. The summed E-state index contributed by atoms with van der Waals surface area (Å²) in [5, 5.41) is 19.3. The van der Waals surface area contributed by atoms with E-state index in [-0.39, 0.29) is 23.6 Å². The maximum Gasteiger partial charge on any atom is 0.358 e. The quantitative estimate of drug-likeness (QED) is 0.736. The first-order valence-corrected chi connectivity index (χ1v) is 6.67. The van der Waals surface area contributed by atoms with Gasteiger partial charge in [0.05, 0.1) is 12.2 Å². The predicted molar refractivity (Wildman–Crippen MR) is 70.3 cm³/mol. The molecule has 1 aromatic rings. The molecular weight excluding hydrogens is 262 g/mol. The van der Waals surface area contributed by atoms with E-state index in [4.69, 9.17) is 5.11 Å². The highest BCUT2D eigenvalue weighted by Gasteiger charge is 2.34. The summed E-state index contributed by atoms with van der Waals surface area (Å²) in [6, 6.07) is 0.0193. The fraction of sp³-hybridized carbons (Fsp3) is 0.667. The third-order valence-electron chi connectivity index (χ3n) is 3.40. The fourth-order valence-electron chi connectivity index (χ4n) is 2.12. The third-order valence-corrected chi connectivity index (χ3v) is 3.40. The molecule has 0 bridgehead atoms. The van der Waals surface area contributed by atoms with Crippen LogP contribution in [0.15, 0.2) is 6.20 Å². The van der Waals surface area contributed by atoms with Crippen molar-refractivity contribution in [3.05, 3.63) is 11.9 Å². The standard InChI is InChI=1S/C12H19N5O3/c1-3-13-4-8(2)11(18)16-5-9(6-16)17-7-10(12(19)20)14-15-17/h7-9,13H,3-6H2,1-2H3,(H,19,20). The summed E-state index contributed by atoms with van der Waals surface area (Å²) < 4.78 is 1.52. The Morgan fingerprint density at radius 2 is 2.25 bits per heavy atom. The summed E-state index contributed by atoms with van der Waals surface area (Å²) in [5.41, 5.74) is -0.0738. The molecule has 1 aliphatic heterocycles. The molecule has 1 amide bonds. The van der Waals surface area contributed by atoms with E-state index < -0.39 is 5.97 Å². The van der Waals surface area contributed by atoms with E-state index in [1.165, 1.54) is 10.9 Å². The van der Waals surface area contributed by atoms with Crippen LogP contribution in [0.2, 0.25) is 0 Å². The Bertz CT molecular complexity index is 495. The molecule has 2 N–H and O–H groups in total. The zero-order valence-electron chi connectivity index (χ0n) is 11.6. The Balaban J connectivity index is 1.84. The third kappa shape index (κ3) is 2.96. The number of aromatic nitrogens is 3. The second-order valence-corrected chi connectivity index (χ2v) is 4.99. The van der Waals surface area contributed by atoms with E-state index >= 15 is 0 Å². The average molecular weight is 281 g/mol. The number of aromatic carboxylic acids is 1. The summed E-state index contributed by atoms with van der Waals surface area (Å²) in [6.07, 6.45) is 1.40. The highest BCUT2D eigenvalue weighted by molar-refractivity contribution is 5.84. The minimum absolute atomic E-state index is 0.0193. The van der Waals surface area contributed by atoms with Crippen LogP contribution in [-0.2, 0) is 4.79 Å². The lowest BCUT2D eigenvalue weighted by molar-refractivity contribution is -0.141. The number of nitrogens with zero attached hydrogens (tertiary/aromatic N) is 4. The molecule has 1 atom stereocenters. The number of amides is 1. The smallest absolute Gasteiger partial charge is 0.358 e. The first kappa shape index (κ1) is 14.4. The average Bonchev–Trinajstić information content (AvgIpc) is 2.83. The van der Waals surface area contributed by atoms with Crippen LogP contribution < -0.4 is 5.32 Å². The molecule has 1 fully saturated rings. The first-order valence-electron chi connectivity index (χ1n) is 6.67. The van der Waals surface area contributed by atoms with Gasteiger partial charge in [0.25, 0.3) is 0 Å². The number of carbonyl (C=O) groups excluding carboxylic acids is 1. The normalized spacial score (nSPS) is 16.8. The van der Waals surface area contributed by atoms with Crippen molar-refractivity contribution in [2.45, 2.75) is 19.9 Å². The van der Waals surface area contributed by atoms with Crippen LogP contribution in [0.25, 0.3) is 0 Å². The van der Waals surface area contributed by atoms with Crippen molar-refractivity contribution >= 4 is 11.9 Å². The zero-order valence-corrected chi connectivity index (χ0v) is 11.6. The summed E-state index contributed by atoms with van der Waals surface area (Å²) in [5.74, 6) is -1.04. The van der Waals surface area contributed by atoms with E-state index in [2.05, 4.69) is 15.6 Å². The maximum absolute atomic E-state index is 12.1. The van der Waals surface area contributed by atoms with Gasteiger partial charge in [0.2, 0.25) is 5.91 Å². The molecule has 0 saturated carbocycles. The Hall–Kier alpha value is -1.96. The summed E-state index contributed by atoms with van der Waals surface area (Å²) in [6.45, 7) is 6.52. The number of rotatable bonds is 6. The lowest BCUT2D eigenvalue weighted by Gasteiger charge is -2.40.